The summed E-state index contributed by atoms with van der Waals surface area (Å²) < 4.78 is 3.85. The maximum atomic E-state index is 4.84. The Labute approximate surface area is 161 Å². The molecule has 5 aromatic rings. The van der Waals surface area contributed by atoms with Crippen molar-refractivity contribution in [3.8, 4) is 17.1 Å². The molecule has 1 aromatic carbocycles. The second-order valence-corrected chi connectivity index (χ2v) is 6.78. The molecule has 0 aliphatic rings. The zero-order valence-corrected chi connectivity index (χ0v) is 15.7. The van der Waals surface area contributed by atoms with E-state index in [-0.39, 0.29) is 0 Å². The highest BCUT2D eigenvalue weighted by atomic mass is 15.3. The number of rotatable bonds is 4. The Bertz CT molecular complexity index is 1250. The largest absolute Gasteiger partial charge is 0.335 e. The van der Waals surface area contributed by atoms with Crippen LogP contribution in [0, 0.1) is 13.8 Å². The molecule has 28 heavy (non-hydrogen) atoms. The van der Waals surface area contributed by atoms with Crippen molar-refractivity contribution in [1.29, 1.82) is 0 Å². The molecule has 7 nitrogen and oxygen atoms in total. The molecule has 0 amide bonds. The first-order valence-electron chi connectivity index (χ1n) is 9.13. The molecule has 1 N–H and O–H groups in total. The van der Waals surface area contributed by atoms with Crippen molar-refractivity contribution in [1.82, 2.24) is 34.5 Å². The van der Waals surface area contributed by atoms with E-state index in [1.807, 2.05) is 71.1 Å². The van der Waals surface area contributed by atoms with E-state index < -0.39 is 0 Å². The molecule has 0 aliphatic heterocycles. The van der Waals surface area contributed by atoms with Crippen molar-refractivity contribution < 1.29 is 0 Å². The highest BCUT2D eigenvalue weighted by Gasteiger charge is 2.19. The SMILES string of the molecule is Cc1nn(-c2ccccc2)c(C)c1-c1nc2c(cnn2Cc2cccnc2)[nH]1. The van der Waals surface area contributed by atoms with E-state index in [0.29, 0.717) is 6.54 Å². The number of nitrogens with zero attached hydrogens (tertiary/aromatic N) is 6. The van der Waals surface area contributed by atoms with E-state index in [9.17, 15) is 0 Å². The number of imidazole rings is 1. The molecule has 4 aromatic heterocycles. The van der Waals surface area contributed by atoms with Gasteiger partial charge in [0, 0.05) is 12.4 Å². The van der Waals surface area contributed by atoms with Crippen LogP contribution in [-0.2, 0) is 6.54 Å². The quantitative estimate of drug-likeness (QED) is 0.524. The molecule has 0 bridgehead atoms. The van der Waals surface area contributed by atoms with Gasteiger partial charge in [0.25, 0.3) is 0 Å². The van der Waals surface area contributed by atoms with Crippen LogP contribution in [0.1, 0.15) is 17.0 Å². The normalized spacial score (nSPS) is 11.4. The van der Waals surface area contributed by atoms with Gasteiger partial charge in [-0.15, -0.1) is 0 Å². The van der Waals surface area contributed by atoms with Gasteiger partial charge in [-0.1, -0.05) is 24.3 Å². The van der Waals surface area contributed by atoms with E-state index in [0.717, 1.165) is 45.2 Å². The van der Waals surface area contributed by atoms with Gasteiger partial charge in [-0.3, -0.25) is 4.98 Å². The molecule has 0 fully saturated rings. The molecule has 0 saturated heterocycles. The van der Waals surface area contributed by atoms with Crippen LogP contribution in [0.15, 0.2) is 61.1 Å². The Morgan fingerprint density at radius 2 is 1.86 bits per heavy atom. The van der Waals surface area contributed by atoms with Gasteiger partial charge in [0.15, 0.2) is 5.65 Å². The van der Waals surface area contributed by atoms with Crippen molar-refractivity contribution in [2.24, 2.45) is 0 Å². The lowest BCUT2D eigenvalue weighted by molar-refractivity contribution is 0.702. The summed E-state index contributed by atoms with van der Waals surface area (Å²) >= 11 is 0. The number of fused-ring (bicyclic) bond motifs is 1. The first-order valence-corrected chi connectivity index (χ1v) is 9.13. The van der Waals surface area contributed by atoms with Crippen molar-refractivity contribution in [2.75, 3.05) is 0 Å². The molecule has 4 heterocycles. The fourth-order valence-electron chi connectivity index (χ4n) is 3.55. The summed E-state index contributed by atoms with van der Waals surface area (Å²) in [6, 6.07) is 14.1. The van der Waals surface area contributed by atoms with Crippen LogP contribution in [0.3, 0.4) is 0 Å². The lowest BCUT2D eigenvalue weighted by Crippen LogP contribution is -2.02. The number of para-hydroxylation sites is 1. The van der Waals surface area contributed by atoms with Gasteiger partial charge in [0.2, 0.25) is 0 Å². The van der Waals surface area contributed by atoms with E-state index in [2.05, 4.69) is 22.0 Å². The van der Waals surface area contributed by atoms with Crippen LogP contribution in [0.5, 0.6) is 0 Å². The zero-order valence-electron chi connectivity index (χ0n) is 15.7. The average Bonchev–Trinajstić information content (AvgIpc) is 3.37. The number of hydrogen-bond acceptors (Lipinski definition) is 4. The maximum Gasteiger partial charge on any atom is 0.177 e. The summed E-state index contributed by atoms with van der Waals surface area (Å²) in [5.41, 5.74) is 6.86. The third kappa shape index (κ3) is 2.68. The van der Waals surface area contributed by atoms with Gasteiger partial charge in [-0.25, -0.2) is 14.3 Å². The van der Waals surface area contributed by atoms with Crippen molar-refractivity contribution in [2.45, 2.75) is 20.4 Å². The number of nitrogens with one attached hydrogen (secondary N) is 1. The summed E-state index contributed by atoms with van der Waals surface area (Å²) in [5.74, 6) is 0.810. The fourth-order valence-corrected chi connectivity index (χ4v) is 3.55. The predicted molar refractivity (Wildman–Crippen MR) is 107 cm³/mol. The minimum absolute atomic E-state index is 0.628. The molecule has 5 rings (SSSR count). The lowest BCUT2D eigenvalue weighted by atomic mass is 10.2. The summed E-state index contributed by atoms with van der Waals surface area (Å²) in [6.07, 6.45) is 5.43. The van der Waals surface area contributed by atoms with Crippen LogP contribution in [0.4, 0.5) is 0 Å². The van der Waals surface area contributed by atoms with Crippen LogP contribution in [0.25, 0.3) is 28.2 Å². The topological polar surface area (TPSA) is 77.2 Å². The van der Waals surface area contributed by atoms with Crippen molar-refractivity contribution in [3.63, 3.8) is 0 Å². The highest BCUT2D eigenvalue weighted by Crippen LogP contribution is 2.28. The standard InChI is InChI=1S/C21H19N7/c1-14-19(15(2)28(26-14)17-8-4-3-5-9-17)20-24-18-12-23-27(21(18)25-20)13-16-7-6-10-22-11-16/h3-12H,13H2,1-2H3,(H,24,25). The number of benzene rings is 1. The monoisotopic (exact) mass is 369 g/mol. The maximum absolute atomic E-state index is 4.84. The van der Waals surface area contributed by atoms with Gasteiger partial charge in [0.1, 0.15) is 11.3 Å². The number of aromatic nitrogens is 7. The Morgan fingerprint density at radius 3 is 2.64 bits per heavy atom. The second kappa shape index (κ2) is 6.45. The van der Waals surface area contributed by atoms with E-state index in [1.165, 1.54) is 0 Å². The lowest BCUT2D eigenvalue weighted by Gasteiger charge is -2.04. The third-order valence-electron chi connectivity index (χ3n) is 4.87. The summed E-state index contributed by atoms with van der Waals surface area (Å²) in [7, 11) is 0. The van der Waals surface area contributed by atoms with Gasteiger partial charge >= 0.3 is 0 Å². The van der Waals surface area contributed by atoms with Crippen LogP contribution < -0.4 is 0 Å². The Balaban J connectivity index is 1.56. The van der Waals surface area contributed by atoms with E-state index >= 15 is 0 Å². The molecule has 0 radical (unpaired) electrons. The summed E-state index contributed by atoms with van der Waals surface area (Å²) in [4.78, 5) is 12.4. The predicted octanol–water partition coefficient (Wildman–Crippen LogP) is 3.67. The molecular weight excluding hydrogens is 350 g/mol. The first kappa shape index (κ1) is 16.4. The molecule has 7 heteroatoms. The molecule has 0 atom stereocenters. The number of pyridine rings is 1. The molecule has 138 valence electrons. The minimum Gasteiger partial charge on any atom is -0.335 e. The Morgan fingerprint density at radius 1 is 1.00 bits per heavy atom. The number of hydrogen-bond donors (Lipinski definition) is 1. The van der Waals surface area contributed by atoms with Gasteiger partial charge in [0.05, 0.1) is 35.4 Å². The van der Waals surface area contributed by atoms with Gasteiger partial charge < -0.3 is 4.98 Å². The molecular formula is C21H19N7. The fraction of sp³-hybridized carbons (Fsp3) is 0.143. The Kier molecular flexibility index (Phi) is 3.79. The van der Waals surface area contributed by atoms with Gasteiger partial charge in [-0.05, 0) is 37.6 Å². The van der Waals surface area contributed by atoms with Gasteiger partial charge in [-0.2, -0.15) is 10.2 Å². The summed E-state index contributed by atoms with van der Waals surface area (Å²) in [6.45, 7) is 4.71. The van der Waals surface area contributed by atoms with E-state index in [4.69, 9.17) is 10.1 Å². The van der Waals surface area contributed by atoms with Crippen LogP contribution in [-0.4, -0.2) is 34.5 Å². The number of aromatic amines is 1. The average molecular weight is 369 g/mol. The minimum atomic E-state index is 0.628. The molecule has 0 unspecified atom stereocenters. The zero-order chi connectivity index (χ0) is 19.1. The Hall–Kier alpha value is -3.74. The second-order valence-electron chi connectivity index (χ2n) is 6.78. The van der Waals surface area contributed by atoms with Crippen molar-refractivity contribution in [3.05, 3.63) is 78.0 Å². The van der Waals surface area contributed by atoms with Crippen LogP contribution >= 0.6 is 0 Å². The number of aryl methyl sites for hydroxylation is 1. The third-order valence-corrected chi connectivity index (χ3v) is 4.87. The highest BCUT2D eigenvalue weighted by molar-refractivity contribution is 5.77. The smallest absolute Gasteiger partial charge is 0.177 e. The molecule has 0 aliphatic carbocycles. The molecule has 0 saturated carbocycles. The number of H-pyrrole nitrogens is 1. The van der Waals surface area contributed by atoms with Crippen LogP contribution in [0.2, 0.25) is 0 Å². The van der Waals surface area contributed by atoms with E-state index in [1.54, 1.807) is 6.20 Å². The molecule has 0 spiro atoms. The first-order chi connectivity index (χ1) is 13.7. The summed E-state index contributed by atoms with van der Waals surface area (Å²) in [5, 5.41) is 9.18. The van der Waals surface area contributed by atoms with Crippen molar-refractivity contribution >= 4 is 11.2 Å².